The fourth-order valence-electron chi connectivity index (χ4n) is 2.67. The lowest BCUT2D eigenvalue weighted by Crippen LogP contribution is -2.37. The normalized spacial score (nSPS) is 21.5. The van der Waals surface area contributed by atoms with Crippen molar-refractivity contribution in [2.24, 2.45) is 0 Å². The highest BCUT2D eigenvalue weighted by Crippen LogP contribution is 2.27. The second kappa shape index (κ2) is 6.28. The van der Waals surface area contributed by atoms with E-state index >= 15 is 0 Å². The monoisotopic (exact) mass is 341 g/mol. The van der Waals surface area contributed by atoms with Gasteiger partial charge in [0.15, 0.2) is 0 Å². The lowest BCUT2D eigenvalue weighted by molar-refractivity contribution is 0.102. The molecule has 0 bridgehead atoms. The molecule has 0 aromatic carbocycles. The minimum absolute atomic E-state index is 0.0811. The van der Waals surface area contributed by atoms with Crippen LogP contribution in [0, 0.1) is 0 Å². The van der Waals surface area contributed by atoms with Gasteiger partial charge < -0.3 is 14.7 Å². The molecule has 1 amide bonds. The van der Waals surface area contributed by atoms with Crippen LogP contribution in [0.5, 0.6) is 0 Å². The highest BCUT2D eigenvalue weighted by Gasteiger charge is 2.35. The Balaban J connectivity index is 1.73. The Labute approximate surface area is 136 Å². The van der Waals surface area contributed by atoms with E-state index in [2.05, 4.69) is 11.6 Å². The Morgan fingerprint density at radius 1 is 1.68 bits per heavy atom. The molecule has 1 aliphatic rings. The first-order valence-corrected chi connectivity index (χ1v) is 8.11. The predicted octanol–water partition coefficient (Wildman–Crippen LogP) is 2.35. The fraction of sp³-hybridized carbons (Fsp3) is 0.429. The minimum Gasteiger partial charge on any atom is -0.445 e. The van der Waals surface area contributed by atoms with E-state index in [-0.39, 0.29) is 12.6 Å². The first kappa shape index (κ1) is 15.3. The Bertz CT molecular complexity index is 699. The number of aliphatic hydroxyl groups is 1. The average Bonchev–Trinajstić information content (AvgIpc) is 3.14. The summed E-state index contributed by atoms with van der Waals surface area (Å²) in [5.41, 5.74) is 0. The maximum Gasteiger partial charge on any atom is 0.410 e. The molecule has 1 aliphatic heterocycles. The van der Waals surface area contributed by atoms with Gasteiger partial charge in [-0.15, -0.1) is 11.3 Å². The zero-order chi connectivity index (χ0) is 15.7. The summed E-state index contributed by atoms with van der Waals surface area (Å²) in [5.74, 6) is 0. The number of aromatic nitrogens is 2. The second-order valence-electron chi connectivity index (χ2n) is 5.20. The minimum atomic E-state index is -0.516. The molecule has 118 valence electrons. The summed E-state index contributed by atoms with van der Waals surface area (Å²) in [6, 6.07) is -0.0811. The number of ether oxygens (including phenoxy) is 1. The Morgan fingerprint density at radius 2 is 2.50 bits per heavy atom. The molecule has 1 fully saturated rings. The summed E-state index contributed by atoms with van der Waals surface area (Å²) in [7, 11) is 0. The maximum absolute atomic E-state index is 12.0. The van der Waals surface area contributed by atoms with Gasteiger partial charge in [-0.3, -0.25) is 4.40 Å². The Hall–Kier alpha value is -1.57. The van der Waals surface area contributed by atoms with Gasteiger partial charge in [0.05, 0.1) is 18.8 Å². The Morgan fingerprint density at radius 3 is 3.23 bits per heavy atom. The van der Waals surface area contributed by atoms with Crippen LogP contribution in [0.2, 0.25) is 5.28 Å². The van der Waals surface area contributed by atoms with Gasteiger partial charge in [0, 0.05) is 23.5 Å². The SMILES string of the molecule is C=CCOC(=O)N1C[C@H](O)C[C@H]1Cc1cn2c(Cl)ncc2s1. The quantitative estimate of drug-likeness (QED) is 0.867. The summed E-state index contributed by atoms with van der Waals surface area (Å²) >= 11 is 7.56. The van der Waals surface area contributed by atoms with Crippen molar-refractivity contribution in [1.82, 2.24) is 14.3 Å². The van der Waals surface area contributed by atoms with Crippen LogP contribution in [0.3, 0.4) is 0 Å². The van der Waals surface area contributed by atoms with Gasteiger partial charge in [-0.2, -0.15) is 0 Å². The van der Waals surface area contributed by atoms with Crippen LogP contribution < -0.4 is 0 Å². The molecule has 0 unspecified atom stereocenters. The highest BCUT2D eigenvalue weighted by atomic mass is 35.5. The lowest BCUT2D eigenvalue weighted by atomic mass is 10.1. The highest BCUT2D eigenvalue weighted by molar-refractivity contribution is 7.17. The third-order valence-electron chi connectivity index (χ3n) is 3.61. The smallest absolute Gasteiger partial charge is 0.410 e. The van der Waals surface area contributed by atoms with Gasteiger partial charge in [0.2, 0.25) is 5.28 Å². The van der Waals surface area contributed by atoms with Crippen molar-refractivity contribution in [3.8, 4) is 0 Å². The van der Waals surface area contributed by atoms with Gasteiger partial charge in [0.25, 0.3) is 0 Å². The van der Waals surface area contributed by atoms with E-state index in [9.17, 15) is 9.90 Å². The number of hydrogen-bond acceptors (Lipinski definition) is 5. The zero-order valence-corrected chi connectivity index (χ0v) is 13.4. The third-order valence-corrected chi connectivity index (χ3v) is 4.94. The number of fused-ring (bicyclic) bond motifs is 1. The summed E-state index contributed by atoms with van der Waals surface area (Å²) in [6.07, 6.45) is 5.44. The summed E-state index contributed by atoms with van der Waals surface area (Å²) in [4.78, 5) is 19.7. The molecule has 0 radical (unpaired) electrons. The number of nitrogens with zero attached hydrogens (tertiary/aromatic N) is 3. The molecule has 0 aliphatic carbocycles. The van der Waals surface area contributed by atoms with Crippen LogP contribution in [-0.4, -0.2) is 50.8 Å². The molecule has 2 atom stereocenters. The van der Waals surface area contributed by atoms with Crippen LogP contribution >= 0.6 is 22.9 Å². The number of hydrogen-bond donors (Lipinski definition) is 1. The number of likely N-dealkylation sites (tertiary alicyclic amines) is 1. The number of aliphatic hydroxyl groups excluding tert-OH is 1. The van der Waals surface area contributed by atoms with E-state index in [1.807, 2.05) is 10.6 Å². The third kappa shape index (κ3) is 2.97. The van der Waals surface area contributed by atoms with Crippen LogP contribution in [0.15, 0.2) is 25.0 Å². The molecule has 2 aromatic rings. The van der Waals surface area contributed by atoms with Gasteiger partial charge in [-0.1, -0.05) is 12.7 Å². The number of thiazole rings is 1. The second-order valence-corrected chi connectivity index (χ2v) is 6.68. The summed E-state index contributed by atoms with van der Waals surface area (Å²) < 4.78 is 6.89. The van der Waals surface area contributed by atoms with E-state index in [0.29, 0.717) is 24.7 Å². The van der Waals surface area contributed by atoms with Crippen molar-refractivity contribution in [1.29, 1.82) is 0 Å². The van der Waals surface area contributed by atoms with E-state index in [1.54, 1.807) is 22.4 Å². The van der Waals surface area contributed by atoms with Crippen molar-refractivity contribution >= 4 is 33.9 Å². The standard InChI is InChI=1S/C14H16ClN3O3S/c1-2-3-21-14(20)17-7-10(19)4-9(17)5-11-8-18-12(22-11)6-16-13(18)15/h2,6,8-10,19H,1,3-5,7H2/t9-,10+/m0/s1. The van der Waals surface area contributed by atoms with E-state index in [4.69, 9.17) is 16.3 Å². The van der Waals surface area contributed by atoms with Gasteiger partial charge in [-0.25, -0.2) is 9.78 Å². The molecule has 0 spiro atoms. The van der Waals surface area contributed by atoms with E-state index in [1.165, 1.54) is 6.08 Å². The van der Waals surface area contributed by atoms with Crippen LogP contribution in [-0.2, 0) is 11.2 Å². The number of rotatable bonds is 4. The Kier molecular flexibility index (Phi) is 4.37. The van der Waals surface area contributed by atoms with Crippen LogP contribution in [0.1, 0.15) is 11.3 Å². The zero-order valence-electron chi connectivity index (χ0n) is 11.8. The fourth-order valence-corrected chi connectivity index (χ4v) is 3.95. The maximum atomic E-state index is 12.0. The molecule has 2 aromatic heterocycles. The molecular formula is C14H16ClN3O3S. The van der Waals surface area contributed by atoms with Crippen molar-refractivity contribution in [2.45, 2.75) is 25.0 Å². The molecule has 0 saturated carbocycles. The molecule has 6 nitrogen and oxygen atoms in total. The predicted molar refractivity (Wildman–Crippen MR) is 84.4 cm³/mol. The number of halogens is 1. The van der Waals surface area contributed by atoms with Gasteiger partial charge >= 0.3 is 6.09 Å². The summed E-state index contributed by atoms with van der Waals surface area (Å²) in [5, 5.41) is 10.3. The molecule has 8 heteroatoms. The van der Waals surface area contributed by atoms with Crippen LogP contribution in [0.25, 0.3) is 4.83 Å². The van der Waals surface area contributed by atoms with E-state index < -0.39 is 12.2 Å². The van der Waals surface area contributed by atoms with Crippen LogP contribution in [0.4, 0.5) is 4.79 Å². The number of β-amino-alcohol motifs (C(OH)–C–C–N with tert-alkyl or cyclic N) is 1. The van der Waals surface area contributed by atoms with Gasteiger partial charge in [0.1, 0.15) is 11.4 Å². The lowest BCUT2D eigenvalue weighted by Gasteiger charge is -2.22. The van der Waals surface area contributed by atoms with Crippen molar-refractivity contribution in [3.63, 3.8) is 0 Å². The van der Waals surface area contributed by atoms with E-state index in [0.717, 1.165) is 9.71 Å². The first-order valence-electron chi connectivity index (χ1n) is 6.92. The van der Waals surface area contributed by atoms with Crippen molar-refractivity contribution in [2.75, 3.05) is 13.2 Å². The molecule has 22 heavy (non-hydrogen) atoms. The molecule has 3 rings (SSSR count). The van der Waals surface area contributed by atoms with Crippen molar-refractivity contribution < 1.29 is 14.6 Å². The molecule has 1 N–H and O–H groups in total. The molecule has 1 saturated heterocycles. The number of amides is 1. The molecular weight excluding hydrogens is 326 g/mol. The average molecular weight is 342 g/mol. The van der Waals surface area contributed by atoms with Gasteiger partial charge in [-0.05, 0) is 18.0 Å². The number of carbonyl (C=O) groups is 1. The number of carbonyl (C=O) groups excluding carboxylic acids is 1. The first-order chi connectivity index (χ1) is 10.6. The molecule has 3 heterocycles. The largest absolute Gasteiger partial charge is 0.445 e. The summed E-state index contributed by atoms with van der Waals surface area (Å²) in [6.45, 7) is 3.99. The number of imidazole rings is 1. The van der Waals surface area contributed by atoms with Crippen molar-refractivity contribution in [3.05, 3.63) is 35.2 Å². The topological polar surface area (TPSA) is 67.1 Å².